The zero-order valence-electron chi connectivity index (χ0n) is 8.74. The number of halogens is 1. The second-order valence-electron chi connectivity index (χ2n) is 3.48. The smallest absolute Gasteiger partial charge is 0.227 e. The Morgan fingerprint density at radius 1 is 1.19 bits per heavy atom. The van der Waals surface area contributed by atoms with Crippen molar-refractivity contribution in [2.45, 2.75) is 6.92 Å². The van der Waals surface area contributed by atoms with E-state index in [-0.39, 0.29) is 0 Å². The maximum Gasteiger partial charge on any atom is 0.227 e. The van der Waals surface area contributed by atoms with Crippen LogP contribution in [0.1, 0.15) is 5.56 Å². The first-order valence-electron chi connectivity index (χ1n) is 4.75. The van der Waals surface area contributed by atoms with Crippen LogP contribution in [-0.4, -0.2) is 9.97 Å². The Labute approximate surface area is 102 Å². The third-order valence-electron chi connectivity index (χ3n) is 1.97. The van der Waals surface area contributed by atoms with Crippen molar-refractivity contribution in [2.75, 3.05) is 11.1 Å². The van der Waals surface area contributed by atoms with Gasteiger partial charge in [0.25, 0.3) is 0 Å². The summed E-state index contributed by atoms with van der Waals surface area (Å²) in [4.78, 5) is 8.14. The van der Waals surface area contributed by atoms with E-state index in [1.807, 2.05) is 25.1 Å². The number of aromatic nitrogens is 2. The van der Waals surface area contributed by atoms with Gasteiger partial charge in [0, 0.05) is 10.2 Å². The van der Waals surface area contributed by atoms with Gasteiger partial charge in [-0.3, -0.25) is 0 Å². The summed E-state index contributed by atoms with van der Waals surface area (Å²) in [5.41, 5.74) is 8.16. The molecule has 5 heteroatoms. The molecule has 0 fully saturated rings. The Kier molecular flexibility index (Phi) is 3.05. The number of nitrogens with two attached hydrogens (primary N) is 1. The molecule has 0 aliphatic heterocycles. The Morgan fingerprint density at radius 3 is 2.50 bits per heavy atom. The molecule has 1 heterocycles. The molecule has 0 saturated heterocycles. The van der Waals surface area contributed by atoms with Crippen LogP contribution < -0.4 is 11.1 Å². The topological polar surface area (TPSA) is 63.8 Å². The minimum atomic E-state index is 0.534. The largest absolute Gasteiger partial charge is 0.396 e. The van der Waals surface area contributed by atoms with Gasteiger partial charge in [-0.25, -0.2) is 9.97 Å². The summed E-state index contributed by atoms with van der Waals surface area (Å²) in [7, 11) is 0. The van der Waals surface area contributed by atoms with Crippen LogP contribution in [0, 0.1) is 6.92 Å². The lowest BCUT2D eigenvalue weighted by Gasteiger charge is -2.06. The van der Waals surface area contributed by atoms with E-state index in [1.54, 1.807) is 12.4 Å². The number of anilines is 3. The van der Waals surface area contributed by atoms with Gasteiger partial charge in [-0.1, -0.05) is 15.9 Å². The number of aryl methyl sites for hydroxylation is 1. The molecule has 2 aromatic rings. The minimum absolute atomic E-state index is 0.534. The molecule has 4 nitrogen and oxygen atoms in total. The van der Waals surface area contributed by atoms with E-state index >= 15 is 0 Å². The zero-order chi connectivity index (χ0) is 11.5. The van der Waals surface area contributed by atoms with Gasteiger partial charge in [0.15, 0.2) is 0 Å². The van der Waals surface area contributed by atoms with E-state index in [9.17, 15) is 0 Å². The molecule has 3 N–H and O–H groups in total. The van der Waals surface area contributed by atoms with Crippen LogP contribution >= 0.6 is 15.9 Å². The van der Waals surface area contributed by atoms with Crippen molar-refractivity contribution in [3.8, 4) is 0 Å². The quantitative estimate of drug-likeness (QED) is 0.887. The van der Waals surface area contributed by atoms with E-state index in [0.717, 1.165) is 15.7 Å². The zero-order valence-corrected chi connectivity index (χ0v) is 10.3. The Morgan fingerprint density at radius 2 is 1.88 bits per heavy atom. The fourth-order valence-electron chi connectivity index (χ4n) is 1.34. The molecule has 1 aromatic carbocycles. The first-order chi connectivity index (χ1) is 7.63. The molecule has 0 aliphatic rings. The highest BCUT2D eigenvalue weighted by Crippen LogP contribution is 2.21. The SMILES string of the molecule is Cc1cc(Br)cc(Nc2ncc(N)cn2)c1. The Balaban J connectivity index is 2.23. The van der Waals surface area contributed by atoms with Crippen molar-refractivity contribution in [3.05, 3.63) is 40.6 Å². The molecule has 0 saturated carbocycles. The van der Waals surface area contributed by atoms with Gasteiger partial charge in [0.2, 0.25) is 5.95 Å². The molecule has 2 rings (SSSR count). The van der Waals surface area contributed by atoms with E-state index in [0.29, 0.717) is 11.6 Å². The number of nitrogens with zero attached hydrogens (tertiary/aromatic N) is 2. The monoisotopic (exact) mass is 278 g/mol. The number of hydrogen-bond donors (Lipinski definition) is 2. The molecular weight excluding hydrogens is 268 g/mol. The van der Waals surface area contributed by atoms with Gasteiger partial charge in [-0.05, 0) is 30.7 Å². The van der Waals surface area contributed by atoms with E-state index in [1.165, 1.54) is 0 Å². The van der Waals surface area contributed by atoms with Crippen molar-refractivity contribution < 1.29 is 0 Å². The van der Waals surface area contributed by atoms with Crippen molar-refractivity contribution in [3.63, 3.8) is 0 Å². The highest BCUT2D eigenvalue weighted by Gasteiger charge is 1.99. The minimum Gasteiger partial charge on any atom is -0.396 e. The fraction of sp³-hybridized carbons (Fsp3) is 0.0909. The summed E-state index contributed by atoms with van der Waals surface area (Å²) in [6.07, 6.45) is 3.14. The predicted octanol–water partition coefficient (Wildman–Crippen LogP) is 2.87. The van der Waals surface area contributed by atoms with E-state index < -0.39 is 0 Å². The molecular formula is C11H11BrN4. The highest BCUT2D eigenvalue weighted by molar-refractivity contribution is 9.10. The highest BCUT2D eigenvalue weighted by atomic mass is 79.9. The van der Waals surface area contributed by atoms with Gasteiger partial charge >= 0.3 is 0 Å². The normalized spacial score (nSPS) is 10.1. The van der Waals surface area contributed by atoms with Crippen LogP contribution in [0.2, 0.25) is 0 Å². The first-order valence-corrected chi connectivity index (χ1v) is 5.54. The maximum absolute atomic E-state index is 5.51. The van der Waals surface area contributed by atoms with Gasteiger partial charge in [-0.15, -0.1) is 0 Å². The van der Waals surface area contributed by atoms with Gasteiger partial charge in [0.05, 0.1) is 18.1 Å². The standard InChI is InChI=1S/C11H11BrN4/c1-7-2-8(12)4-10(3-7)16-11-14-5-9(13)6-15-11/h2-6H,13H2,1H3,(H,14,15,16). The molecule has 82 valence electrons. The van der Waals surface area contributed by atoms with Crippen molar-refractivity contribution in [1.82, 2.24) is 9.97 Å². The lowest BCUT2D eigenvalue weighted by atomic mass is 10.2. The summed E-state index contributed by atoms with van der Waals surface area (Å²) < 4.78 is 1.02. The summed E-state index contributed by atoms with van der Waals surface area (Å²) in [5, 5.41) is 3.10. The molecule has 0 atom stereocenters. The second kappa shape index (κ2) is 4.49. The number of nitrogens with one attached hydrogen (secondary N) is 1. The van der Waals surface area contributed by atoms with Crippen molar-refractivity contribution in [2.24, 2.45) is 0 Å². The fourth-order valence-corrected chi connectivity index (χ4v) is 1.95. The van der Waals surface area contributed by atoms with Crippen LogP contribution in [0.4, 0.5) is 17.3 Å². The molecule has 0 radical (unpaired) electrons. The molecule has 0 unspecified atom stereocenters. The molecule has 1 aromatic heterocycles. The molecule has 0 spiro atoms. The molecule has 0 aliphatic carbocycles. The third-order valence-corrected chi connectivity index (χ3v) is 2.43. The summed E-state index contributed by atoms with van der Waals surface area (Å²) in [6.45, 7) is 2.03. The van der Waals surface area contributed by atoms with Gasteiger partial charge in [-0.2, -0.15) is 0 Å². The van der Waals surface area contributed by atoms with Gasteiger partial charge in [0.1, 0.15) is 0 Å². The van der Waals surface area contributed by atoms with Crippen molar-refractivity contribution >= 4 is 33.3 Å². The first kappa shape index (κ1) is 10.9. The van der Waals surface area contributed by atoms with Crippen LogP contribution in [-0.2, 0) is 0 Å². The average molecular weight is 279 g/mol. The van der Waals surface area contributed by atoms with Gasteiger partial charge < -0.3 is 11.1 Å². The summed E-state index contributed by atoms with van der Waals surface area (Å²) in [6, 6.07) is 6.02. The number of nitrogen functional groups attached to an aromatic ring is 1. The van der Waals surface area contributed by atoms with Crippen molar-refractivity contribution in [1.29, 1.82) is 0 Å². The molecule has 0 amide bonds. The number of rotatable bonds is 2. The lowest BCUT2D eigenvalue weighted by molar-refractivity contribution is 1.17. The van der Waals surface area contributed by atoms with E-state index in [2.05, 4.69) is 31.2 Å². The molecule has 0 bridgehead atoms. The Bertz CT molecular complexity index is 476. The average Bonchev–Trinajstić information content (AvgIpc) is 2.20. The van der Waals surface area contributed by atoms with Crippen LogP contribution in [0.15, 0.2) is 35.1 Å². The predicted molar refractivity (Wildman–Crippen MR) is 68.6 cm³/mol. The lowest BCUT2D eigenvalue weighted by Crippen LogP contribution is -1.98. The van der Waals surface area contributed by atoms with Crippen LogP contribution in [0.5, 0.6) is 0 Å². The molecule has 16 heavy (non-hydrogen) atoms. The Hall–Kier alpha value is -1.62. The maximum atomic E-state index is 5.51. The van der Waals surface area contributed by atoms with Crippen LogP contribution in [0.3, 0.4) is 0 Å². The summed E-state index contributed by atoms with van der Waals surface area (Å²) in [5.74, 6) is 0.534. The third kappa shape index (κ3) is 2.70. The number of benzene rings is 1. The second-order valence-corrected chi connectivity index (χ2v) is 4.40. The van der Waals surface area contributed by atoms with Crippen LogP contribution in [0.25, 0.3) is 0 Å². The summed E-state index contributed by atoms with van der Waals surface area (Å²) >= 11 is 3.44. The van der Waals surface area contributed by atoms with E-state index in [4.69, 9.17) is 5.73 Å². The number of hydrogen-bond acceptors (Lipinski definition) is 4.